The second-order valence-corrected chi connectivity index (χ2v) is 5.18. The Bertz CT molecular complexity index is 652. The van der Waals surface area contributed by atoms with Crippen molar-refractivity contribution in [3.05, 3.63) is 41.6 Å². The molecule has 0 aliphatic rings. The fourth-order valence-corrected chi connectivity index (χ4v) is 1.97. The monoisotopic (exact) mass is 309 g/mol. The number of carbonyl (C=O) groups is 1. The zero-order chi connectivity index (χ0) is 16.3. The van der Waals surface area contributed by atoms with Crippen LogP contribution in [0.25, 0.3) is 11.3 Å². The van der Waals surface area contributed by atoms with Gasteiger partial charge in [-0.15, -0.1) is 0 Å². The number of amides is 1. The van der Waals surface area contributed by atoms with Gasteiger partial charge in [0.1, 0.15) is 11.6 Å². The molecule has 22 heavy (non-hydrogen) atoms. The number of aliphatic hydroxyl groups is 1. The van der Waals surface area contributed by atoms with Crippen LogP contribution in [0, 0.1) is 17.6 Å². The van der Waals surface area contributed by atoms with Gasteiger partial charge in [-0.2, -0.15) is 5.10 Å². The Labute approximate surface area is 126 Å². The molecule has 1 heterocycles. The first-order valence-electron chi connectivity index (χ1n) is 6.85. The van der Waals surface area contributed by atoms with Gasteiger partial charge in [0.05, 0.1) is 23.0 Å². The van der Waals surface area contributed by atoms with Crippen LogP contribution in [-0.4, -0.2) is 33.9 Å². The number of hydrogen-bond donors (Lipinski definition) is 3. The van der Waals surface area contributed by atoms with E-state index in [1.165, 1.54) is 12.3 Å². The van der Waals surface area contributed by atoms with Crippen LogP contribution in [0.15, 0.2) is 24.4 Å². The summed E-state index contributed by atoms with van der Waals surface area (Å²) in [5, 5.41) is 17.9. The standard InChI is InChI=1S/C15H17F2N3O2/c1-8(7-21)9(2)19-15(22)10-6-18-20-14(10)13-11(16)4-3-5-12(13)17/h3-6,8-9,21H,7H2,1-2H3,(H,18,20)(H,19,22). The Balaban J connectivity index is 2.32. The molecule has 0 spiro atoms. The molecule has 0 radical (unpaired) electrons. The lowest BCUT2D eigenvalue weighted by Gasteiger charge is -2.19. The Hall–Kier alpha value is -2.28. The number of rotatable bonds is 5. The number of nitrogens with one attached hydrogen (secondary N) is 2. The molecule has 3 N–H and O–H groups in total. The molecular formula is C15H17F2N3O2. The number of hydrogen-bond acceptors (Lipinski definition) is 3. The van der Waals surface area contributed by atoms with Crippen molar-refractivity contribution in [1.29, 1.82) is 0 Å². The molecule has 0 bridgehead atoms. The van der Waals surface area contributed by atoms with Crippen LogP contribution in [0.1, 0.15) is 24.2 Å². The lowest BCUT2D eigenvalue weighted by molar-refractivity contribution is 0.0917. The molecule has 0 fully saturated rings. The topological polar surface area (TPSA) is 78.0 Å². The summed E-state index contributed by atoms with van der Waals surface area (Å²) in [4.78, 5) is 12.3. The second kappa shape index (κ2) is 6.65. The predicted octanol–water partition coefficient (Wildman–Crippen LogP) is 2.10. The van der Waals surface area contributed by atoms with E-state index in [1.807, 2.05) is 0 Å². The number of aliphatic hydroxyl groups excluding tert-OH is 1. The van der Waals surface area contributed by atoms with E-state index in [0.717, 1.165) is 12.1 Å². The first kappa shape index (κ1) is 16.1. The quantitative estimate of drug-likeness (QED) is 0.791. The molecule has 2 unspecified atom stereocenters. The number of carbonyl (C=O) groups excluding carboxylic acids is 1. The minimum Gasteiger partial charge on any atom is -0.396 e. The summed E-state index contributed by atoms with van der Waals surface area (Å²) in [5.74, 6) is -2.23. The van der Waals surface area contributed by atoms with E-state index in [1.54, 1.807) is 13.8 Å². The molecule has 1 amide bonds. The Morgan fingerprint density at radius 2 is 2.00 bits per heavy atom. The number of benzene rings is 1. The maximum atomic E-state index is 13.8. The average Bonchev–Trinajstić information content (AvgIpc) is 2.95. The van der Waals surface area contributed by atoms with Crippen molar-refractivity contribution in [2.24, 2.45) is 5.92 Å². The van der Waals surface area contributed by atoms with Gasteiger partial charge in [0.25, 0.3) is 5.91 Å². The maximum absolute atomic E-state index is 13.8. The highest BCUT2D eigenvalue weighted by atomic mass is 19.1. The summed E-state index contributed by atoms with van der Waals surface area (Å²) in [5.41, 5.74) is -0.300. The van der Waals surface area contributed by atoms with Gasteiger partial charge in [0, 0.05) is 12.6 Å². The number of aromatic amines is 1. The average molecular weight is 309 g/mol. The molecule has 5 nitrogen and oxygen atoms in total. The Morgan fingerprint density at radius 1 is 1.36 bits per heavy atom. The van der Waals surface area contributed by atoms with Crippen LogP contribution in [0.5, 0.6) is 0 Å². The number of aromatic nitrogens is 2. The highest BCUT2D eigenvalue weighted by Crippen LogP contribution is 2.27. The fourth-order valence-electron chi connectivity index (χ4n) is 1.97. The van der Waals surface area contributed by atoms with Gasteiger partial charge in [0.15, 0.2) is 0 Å². The Morgan fingerprint density at radius 3 is 2.59 bits per heavy atom. The molecule has 0 aliphatic carbocycles. The summed E-state index contributed by atoms with van der Waals surface area (Å²) >= 11 is 0. The minimum atomic E-state index is -0.782. The Kier molecular flexibility index (Phi) is 4.87. The van der Waals surface area contributed by atoms with E-state index in [2.05, 4.69) is 15.5 Å². The molecule has 0 aliphatic heterocycles. The normalized spacial score (nSPS) is 13.7. The first-order valence-corrected chi connectivity index (χ1v) is 6.85. The summed E-state index contributed by atoms with van der Waals surface area (Å²) in [6.07, 6.45) is 1.22. The summed E-state index contributed by atoms with van der Waals surface area (Å²) in [7, 11) is 0. The molecule has 0 saturated carbocycles. The van der Waals surface area contributed by atoms with E-state index >= 15 is 0 Å². The molecule has 118 valence electrons. The summed E-state index contributed by atoms with van der Waals surface area (Å²) < 4.78 is 27.7. The minimum absolute atomic E-state index is 0.0167. The lowest BCUT2D eigenvalue weighted by Crippen LogP contribution is -2.38. The van der Waals surface area contributed by atoms with Crippen LogP contribution in [-0.2, 0) is 0 Å². The van der Waals surface area contributed by atoms with E-state index in [0.29, 0.717) is 0 Å². The molecule has 2 aromatic rings. The van der Waals surface area contributed by atoms with Gasteiger partial charge in [-0.25, -0.2) is 8.78 Å². The molecule has 1 aromatic carbocycles. The van der Waals surface area contributed by atoms with Crippen LogP contribution in [0.4, 0.5) is 8.78 Å². The van der Waals surface area contributed by atoms with Crippen molar-refractivity contribution in [1.82, 2.24) is 15.5 Å². The van der Waals surface area contributed by atoms with Gasteiger partial charge in [-0.3, -0.25) is 9.89 Å². The zero-order valence-corrected chi connectivity index (χ0v) is 12.2. The summed E-state index contributed by atoms with van der Waals surface area (Å²) in [6, 6.07) is 3.16. The van der Waals surface area contributed by atoms with E-state index in [9.17, 15) is 13.6 Å². The predicted molar refractivity (Wildman–Crippen MR) is 77.1 cm³/mol. The van der Waals surface area contributed by atoms with Crippen LogP contribution < -0.4 is 5.32 Å². The van der Waals surface area contributed by atoms with Crippen LogP contribution >= 0.6 is 0 Å². The molecule has 7 heteroatoms. The van der Waals surface area contributed by atoms with Gasteiger partial charge < -0.3 is 10.4 Å². The van der Waals surface area contributed by atoms with Gasteiger partial charge in [-0.05, 0) is 25.0 Å². The van der Waals surface area contributed by atoms with E-state index < -0.39 is 17.5 Å². The summed E-state index contributed by atoms with van der Waals surface area (Å²) in [6.45, 7) is 3.43. The van der Waals surface area contributed by atoms with Gasteiger partial charge in [0.2, 0.25) is 0 Å². The molecule has 0 saturated heterocycles. The SMILES string of the molecule is CC(CO)C(C)NC(=O)c1cn[nH]c1-c1c(F)cccc1F. The number of nitrogens with zero attached hydrogens (tertiary/aromatic N) is 1. The molecular weight excluding hydrogens is 292 g/mol. The van der Waals surface area contributed by atoms with Crippen molar-refractivity contribution < 1.29 is 18.7 Å². The van der Waals surface area contributed by atoms with Crippen molar-refractivity contribution >= 4 is 5.91 Å². The van der Waals surface area contributed by atoms with Crippen molar-refractivity contribution in [3.8, 4) is 11.3 Å². The van der Waals surface area contributed by atoms with Crippen molar-refractivity contribution in [2.45, 2.75) is 19.9 Å². The van der Waals surface area contributed by atoms with Crippen LogP contribution in [0.2, 0.25) is 0 Å². The van der Waals surface area contributed by atoms with E-state index in [4.69, 9.17) is 5.11 Å². The van der Waals surface area contributed by atoms with E-state index in [-0.39, 0.29) is 35.4 Å². The van der Waals surface area contributed by atoms with Crippen molar-refractivity contribution in [3.63, 3.8) is 0 Å². The smallest absolute Gasteiger partial charge is 0.255 e. The third-order valence-corrected chi connectivity index (χ3v) is 3.60. The first-order chi connectivity index (χ1) is 10.5. The largest absolute Gasteiger partial charge is 0.396 e. The maximum Gasteiger partial charge on any atom is 0.255 e. The van der Waals surface area contributed by atoms with Crippen molar-refractivity contribution in [2.75, 3.05) is 6.61 Å². The highest BCUT2D eigenvalue weighted by molar-refractivity contribution is 6.00. The number of halogens is 2. The lowest BCUT2D eigenvalue weighted by atomic mass is 10.0. The molecule has 1 aromatic heterocycles. The third kappa shape index (κ3) is 3.14. The van der Waals surface area contributed by atoms with Crippen LogP contribution in [0.3, 0.4) is 0 Å². The zero-order valence-electron chi connectivity index (χ0n) is 12.2. The van der Waals surface area contributed by atoms with Gasteiger partial charge >= 0.3 is 0 Å². The van der Waals surface area contributed by atoms with Gasteiger partial charge in [-0.1, -0.05) is 13.0 Å². The molecule has 2 rings (SSSR count). The second-order valence-electron chi connectivity index (χ2n) is 5.18. The molecule has 2 atom stereocenters. The number of H-pyrrole nitrogens is 1. The fraction of sp³-hybridized carbons (Fsp3) is 0.333. The highest BCUT2D eigenvalue weighted by Gasteiger charge is 2.23. The third-order valence-electron chi connectivity index (χ3n) is 3.60.